The van der Waals surface area contributed by atoms with Crippen LogP contribution in [0.5, 0.6) is 5.75 Å². The molecule has 0 aliphatic heterocycles. The Morgan fingerprint density at radius 3 is 2.38 bits per heavy atom. The number of benzene rings is 2. The number of hydrogen-bond acceptors (Lipinski definition) is 4. The summed E-state index contributed by atoms with van der Waals surface area (Å²) in [5, 5.41) is 12.2. The van der Waals surface area contributed by atoms with Gasteiger partial charge in [0.1, 0.15) is 11.4 Å². The molecule has 3 nitrogen and oxygen atoms in total. The average molecular weight is 330 g/mol. The Labute approximate surface area is 145 Å². The highest BCUT2D eigenvalue weighted by Crippen LogP contribution is 2.24. The summed E-state index contributed by atoms with van der Waals surface area (Å²) in [7, 11) is 1.64. The van der Waals surface area contributed by atoms with Gasteiger partial charge >= 0.3 is 0 Å². The van der Waals surface area contributed by atoms with Crippen LogP contribution in [-0.2, 0) is 0 Å². The molecule has 0 unspecified atom stereocenters. The van der Waals surface area contributed by atoms with Gasteiger partial charge in [0.15, 0.2) is 0 Å². The zero-order valence-corrected chi connectivity index (χ0v) is 14.1. The van der Waals surface area contributed by atoms with E-state index in [0.717, 1.165) is 33.1 Å². The van der Waals surface area contributed by atoms with Crippen molar-refractivity contribution >= 4 is 11.3 Å². The minimum Gasteiger partial charge on any atom is -0.497 e. The van der Waals surface area contributed by atoms with E-state index in [1.54, 1.807) is 24.5 Å². The molecule has 0 bridgehead atoms. The second-order valence-electron chi connectivity index (χ2n) is 5.14. The molecule has 0 fully saturated rings. The fourth-order valence-corrected chi connectivity index (χ4v) is 2.82. The van der Waals surface area contributed by atoms with Crippen molar-refractivity contribution in [2.24, 2.45) is 0 Å². The SMILES string of the molecule is COc1ccc(-c2cc(C#N)cc(C#Cc3csc(C)n3)c2)cc1. The fourth-order valence-electron chi connectivity index (χ4n) is 2.27. The van der Waals surface area contributed by atoms with E-state index in [0.29, 0.717) is 5.56 Å². The largest absolute Gasteiger partial charge is 0.497 e. The summed E-state index contributed by atoms with van der Waals surface area (Å²) >= 11 is 1.57. The van der Waals surface area contributed by atoms with E-state index in [2.05, 4.69) is 22.9 Å². The lowest BCUT2D eigenvalue weighted by molar-refractivity contribution is 0.415. The van der Waals surface area contributed by atoms with Gasteiger partial charge in [0, 0.05) is 10.9 Å². The number of nitrogens with zero attached hydrogens (tertiary/aromatic N) is 2. The highest BCUT2D eigenvalue weighted by Gasteiger charge is 2.03. The highest BCUT2D eigenvalue weighted by atomic mass is 32.1. The molecule has 1 aromatic heterocycles. The van der Waals surface area contributed by atoms with Crippen LogP contribution in [0.25, 0.3) is 11.1 Å². The van der Waals surface area contributed by atoms with Crippen molar-refractivity contribution in [2.75, 3.05) is 7.11 Å². The number of hydrogen-bond donors (Lipinski definition) is 0. The van der Waals surface area contributed by atoms with E-state index in [1.807, 2.05) is 48.7 Å². The zero-order chi connectivity index (χ0) is 16.9. The van der Waals surface area contributed by atoms with Gasteiger partial charge in [0.05, 0.1) is 23.8 Å². The standard InChI is InChI=1S/C20H14N2OS/c1-14-22-19(13-24-14)6-3-15-9-16(12-21)11-18(10-15)17-4-7-20(23-2)8-5-17/h4-5,7-11,13H,1-2H3. The maximum Gasteiger partial charge on any atom is 0.124 e. The van der Waals surface area contributed by atoms with Crippen molar-refractivity contribution in [2.45, 2.75) is 6.92 Å². The van der Waals surface area contributed by atoms with E-state index >= 15 is 0 Å². The van der Waals surface area contributed by atoms with E-state index in [1.165, 1.54) is 0 Å². The molecule has 24 heavy (non-hydrogen) atoms. The van der Waals surface area contributed by atoms with Crippen LogP contribution in [-0.4, -0.2) is 12.1 Å². The zero-order valence-electron chi connectivity index (χ0n) is 13.3. The first-order valence-electron chi connectivity index (χ1n) is 7.32. The van der Waals surface area contributed by atoms with E-state index in [9.17, 15) is 5.26 Å². The molecule has 0 N–H and O–H groups in total. The Morgan fingerprint density at radius 1 is 1.00 bits per heavy atom. The van der Waals surface area contributed by atoms with Gasteiger partial charge in [-0.05, 0) is 54.3 Å². The molecular weight excluding hydrogens is 316 g/mol. The van der Waals surface area contributed by atoms with Crippen LogP contribution in [0.3, 0.4) is 0 Å². The lowest BCUT2D eigenvalue weighted by atomic mass is 10.00. The van der Waals surface area contributed by atoms with E-state index in [4.69, 9.17) is 4.74 Å². The van der Waals surface area contributed by atoms with Crippen molar-refractivity contribution < 1.29 is 4.74 Å². The maximum absolute atomic E-state index is 9.28. The van der Waals surface area contributed by atoms with E-state index < -0.39 is 0 Å². The van der Waals surface area contributed by atoms with Gasteiger partial charge < -0.3 is 4.74 Å². The van der Waals surface area contributed by atoms with Gasteiger partial charge in [-0.2, -0.15) is 5.26 Å². The van der Waals surface area contributed by atoms with Crippen molar-refractivity contribution in [1.29, 1.82) is 5.26 Å². The Morgan fingerprint density at radius 2 is 1.75 bits per heavy atom. The summed E-state index contributed by atoms with van der Waals surface area (Å²) in [6.45, 7) is 1.95. The minimum absolute atomic E-state index is 0.585. The van der Waals surface area contributed by atoms with Crippen molar-refractivity contribution in [1.82, 2.24) is 4.98 Å². The van der Waals surface area contributed by atoms with Crippen molar-refractivity contribution in [3.05, 3.63) is 69.7 Å². The second kappa shape index (κ2) is 7.00. The van der Waals surface area contributed by atoms with Crippen molar-refractivity contribution in [3.63, 3.8) is 0 Å². The predicted molar refractivity (Wildman–Crippen MR) is 96.0 cm³/mol. The molecule has 0 aliphatic carbocycles. The van der Waals surface area contributed by atoms with Gasteiger partial charge in [-0.25, -0.2) is 4.98 Å². The monoisotopic (exact) mass is 330 g/mol. The van der Waals surface area contributed by atoms with Crippen LogP contribution in [0.4, 0.5) is 0 Å². The maximum atomic E-state index is 9.28. The number of rotatable bonds is 2. The van der Waals surface area contributed by atoms with Gasteiger partial charge in [-0.15, -0.1) is 11.3 Å². The average Bonchev–Trinajstić information content (AvgIpc) is 3.05. The summed E-state index contributed by atoms with van der Waals surface area (Å²) in [6.07, 6.45) is 0. The lowest BCUT2D eigenvalue weighted by Crippen LogP contribution is -1.86. The summed E-state index contributed by atoms with van der Waals surface area (Å²) < 4.78 is 5.18. The molecule has 0 saturated heterocycles. The normalized spacial score (nSPS) is 9.71. The topological polar surface area (TPSA) is 45.9 Å². The number of aromatic nitrogens is 1. The van der Waals surface area contributed by atoms with Crippen LogP contribution >= 0.6 is 11.3 Å². The van der Waals surface area contributed by atoms with Crippen molar-refractivity contribution in [3.8, 4) is 34.8 Å². The molecule has 3 aromatic rings. The molecule has 4 heteroatoms. The minimum atomic E-state index is 0.585. The van der Waals surface area contributed by atoms with Crippen LogP contribution in [0, 0.1) is 30.1 Å². The first-order valence-corrected chi connectivity index (χ1v) is 8.19. The Hall–Kier alpha value is -3.08. The molecule has 0 radical (unpaired) electrons. The summed E-state index contributed by atoms with van der Waals surface area (Å²) in [6, 6.07) is 15.6. The van der Waals surface area contributed by atoms with E-state index in [-0.39, 0.29) is 0 Å². The Bertz CT molecular complexity index is 969. The first kappa shape index (κ1) is 15.8. The molecule has 0 atom stereocenters. The molecular formula is C20H14N2OS. The molecule has 116 valence electrons. The summed E-state index contributed by atoms with van der Waals surface area (Å²) in [4.78, 5) is 4.33. The number of methoxy groups -OCH3 is 1. The van der Waals surface area contributed by atoms with Crippen LogP contribution in [0.15, 0.2) is 47.8 Å². The third kappa shape index (κ3) is 3.63. The number of aryl methyl sites for hydroxylation is 1. The predicted octanol–water partition coefficient (Wildman–Crippen LogP) is 4.40. The molecule has 1 heterocycles. The van der Waals surface area contributed by atoms with Crippen LogP contribution in [0.2, 0.25) is 0 Å². The number of nitriles is 1. The summed E-state index contributed by atoms with van der Waals surface area (Å²) in [5.41, 5.74) is 4.11. The molecule has 2 aromatic carbocycles. The van der Waals surface area contributed by atoms with Gasteiger partial charge in [-0.1, -0.05) is 18.1 Å². The third-order valence-corrected chi connectivity index (χ3v) is 4.21. The quantitative estimate of drug-likeness (QED) is 0.654. The molecule has 0 spiro atoms. The second-order valence-corrected chi connectivity index (χ2v) is 6.20. The molecule has 0 saturated carbocycles. The number of thiazole rings is 1. The van der Waals surface area contributed by atoms with Gasteiger partial charge in [0.2, 0.25) is 0 Å². The Kier molecular flexibility index (Phi) is 4.61. The lowest BCUT2D eigenvalue weighted by Gasteiger charge is -2.05. The van der Waals surface area contributed by atoms with Gasteiger partial charge in [0.25, 0.3) is 0 Å². The summed E-state index contributed by atoms with van der Waals surface area (Å²) in [5.74, 6) is 6.95. The van der Waals surface area contributed by atoms with Crippen LogP contribution in [0.1, 0.15) is 21.8 Å². The van der Waals surface area contributed by atoms with Crippen LogP contribution < -0.4 is 4.74 Å². The Balaban J connectivity index is 1.99. The first-order chi connectivity index (χ1) is 11.7. The molecule has 3 rings (SSSR count). The smallest absolute Gasteiger partial charge is 0.124 e. The third-order valence-electron chi connectivity index (χ3n) is 3.44. The highest BCUT2D eigenvalue weighted by molar-refractivity contribution is 7.09. The number of ether oxygens (including phenoxy) is 1. The fraction of sp³-hybridized carbons (Fsp3) is 0.100. The molecule has 0 amide bonds. The molecule has 0 aliphatic rings. The van der Waals surface area contributed by atoms with Gasteiger partial charge in [-0.3, -0.25) is 0 Å².